The van der Waals surface area contributed by atoms with Crippen LogP contribution >= 0.6 is 23.2 Å². The highest BCUT2D eigenvalue weighted by atomic mass is 35.5. The first-order chi connectivity index (χ1) is 16.2. The van der Waals surface area contributed by atoms with E-state index in [4.69, 9.17) is 32.4 Å². The minimum Gasteiger partial charge on any atom is -0.446 e. The second-order valence-electron chi connectivity index (χ2n) is 8.83. The van der Waals surface area contributed by atoms with Crippen molar-refractivity contribution in [2.24, 2.45) is 14.1 Å². The second-order valence-corrected chi connectivity index (χ2v) is 9.64. The third-order valence-electron chi connectivity index (χ3n) is 6.19. The van der Waals surface area contributed by atoms with E-state index < -0.39 is 11.8 Å². The number of rotatable bonds is 4. The highest BCUT2D eigenvalue weighted by Gasteiger charge is 2.38. The van der Waals surface area contributed by atoms with E-state index in [0.29, 0.717) is 46.2 Å². The summed E-state index contributed by atoms with van der Waals surface area (Å²) in [6, 6.07) is 10.8. The van der Waals surface area contributed by atoms with Crippen molar-refractivity contribution in [3.8, 4) is 11.3 Å². The van der Waals surface area contributed by atoms with E-state index in [-0.39, 0.29) is 16.9 Å². The summed E-state index contributed by atoms with van der Waals surface area (Å²) >= 11 is 12.4. The molecule has 1 aliphatic rings. The van der Waals surface area contributed by atoms with Crippen molar-refractivity contribution >= 4 is 34.1 Å². The van der Waals surface area contributed by atoms with Crippen LogP contribution in [-0.2, 0) is 25.4 Å². The standard InChI is InChI=1S/C24H24Cl2N4O4/c1-27(2)11-15-12-30-19(13-6-5-7-14(25)10-13)18-20(28(3)24(32)29(4)23(18)31)21(30)22(33-15)16-8-9-17(26)34-16/h5-10,15,22H,11-12H2,1-4H3/t15-,22-/m1/s1. The maximum atomic E-state index is 13.5. The number of ether oxygens (including phenoxy) is 1. The van der Waals surface area contributed by atoms with E-state index in [1.54, 1.807) is 25.2 Å². The maximum Gasteiger partial charge on any atom is 0.331 e. The first-order valence-corrected chi connectivity index (χ1v) is 11.6. The summed E-state index contributed by atoms with van der Waals surface area (Å²) < 4.78 is 16.9. The zero-order valence-electron chi connectivity index (χ0n) is 19.2. The molecule has 34 heavy (non-hydrogen) atoms. The Bertz CT molecular complexity index is 1530. The van der Waals surface area contributed by atoms with Gasteiger partial charge in [-0.3, -0.25) is 13.9 Å². The average Bonchev–Trinajstić information content (AvgIpc) is 3.36. The smallest absolute Gasteiger partial charge is 0.331 e. The van der Waals surface area contributed by atoms with E-state index in [0.717, 1.165) is 10.1 Å². The van der Waals surface area contributed by atoms with Crippen molar-refractivity contribution in [3.63, 3.8) is 0 Å². The van der Waals surface area contributed by atoms with Crippen LogP contribution in [0.3, 0.4) is 0 Å². The van der Waals surface area contributed by atoms with E-state index in [1.165, 1.54) is 11.6 Å². The van der Waals surface area contributed by atoms with Gasteiger partial charge in [-0.25, -0.2) is 4.79 Å². The van der Waals surface area contributed by atoms with Gasteiger partial charge in [-0.15, -0.1) is 0 Å². The molecule has 0 fully saturated rings. The summed E-state index contributed by atoms with van der Waals surface area (Å²) in [5.41, 5.74) is 1.84. The van der Waals surface area contributed by atoms with Crippen molar-refractivity contribution in [1.82, 2.24) is 18.6 Å². The lowest BCUT2D eigenvalue weighted by molar-refractivity contribution is -0.0441. The van der Waals surface area contributed by atoms with Crippen molar-refractivity contribution in [3.05, 3.63) is 78.9 Å². The first-order valence-electron chi connectivity index (χ1n) is 10.8. The molecule has 0 saturated carbocycles. The topological polar surface area (TPSA) is 74.5 Å². The fourth-order valence-corrected chi connectivity index (χ4v) is 5.16. The SMILES string of the molecule is CN(C)C[C@@H]1Cn2c(-c3cccc(Cl)c3)c3c(=O)n(C)c(=O)n(C)c3c2[C@@H](c2ccc(Cl)o2)O1. The molecule has 2 atom stereocenters. The van der Waals surface area contributed by atoms with Crippen LogP contribution < -0.4 is 11.2 Å². The quantitative estimate of drug-likeness (QED) is 0.425. The molecule has 178 valence electrons. The lowest BCUT2D eigenvalue weighted by Crippen LogP contribution is -2.39. The van der Waals surface area contributed by atoms with E-state index in [9.17, 15) is 9.59 Å². The third kappa shape index (κ3) is 3.62. The number of likely N-dealkylation sites (N-methyl/N-ethyl adjacent to an activating group) is 1. The van der Waals surface area contributed by atoms with Gasteiger partial charge in [-0.2, -0.15) is 0 Å². The number of fused-ring (bicyclic) bond motifs is 3. The number of hydrogen-bond acceptors (Lipinski definition) is 5. The zero-order chi connectivity index (χ0) is 24.3. The molecule has 8 nitrogen and oxygen atoms in total. The number of hydrogen-bond donors (Lipinski definition) is 0. The molecule has 0 spiro atoms. The van der Waals surface area contributed by atoms with Gasteiger partial charge in [0.15, 0.2) is 11.3 Å². The molecule has 1 aromatic carbocycles. The fraction of sp³-hybridized carbons (Fsp3) is 0.333. The Morgan fingerprint density at radius 1 is 1.09 bits per heavy atom. The molecule has 0 unspecified atom stereocenters. The molecule has 3 aromatic heterocycles. The van der Waals surface area contributed by atoms with E-state index >= 15 is 0 Å². The molecule has 0 N–H and O–H groups in total. The molecule has 4 heterocycles. The molecule has 0 saturated heterocycles. The molecule has 0 bridgehead atoms. The van der Waals surface area contributed by atoms with Gasteiger partial charge in [0, 0.05) is 31.2 Å². The lowest BCUT2D eigenvalue weighted by atomic mass is 10.1. The van der Waals surface area contributed by atoms with Gasteiger partial charge in [-0.1, -0.05) is 23.7 Å². The summed E-state index contributed by atoms with van der Waals surface area (Å²) in [7, 11) is 7.09. The van der Waals surface area contributed by atoms with E-state index in [1.807, 2.05) is 37.2 Å². The normalized spacial score (nSPS) is 18.1. The van der Waals surface area contributed by atoms with Gasteiger partial charge >= 0.3 is 5.69 Å². The number of furan rings is 1. The molecule has 0 aliphatic carbocycles. The predicted octanol–water partition coefficient (Wildman–Crippen LogP) is 3.66. The summed E-state index contributed by atoms with van der Waals surface area (Å²) in [5.74, 6) is 0.500. The average molecular weight is 503 g/mol. The van der Waals surface area contributed by atoms with Crippen molar-refractivity contribution < 1.29 is 9.15 Å². The van der Waals surface area contributed by atoms with Crippen LogP contribution in [0.25, 0.3) is 22.2 Å². The minimum absolute atomic E-state index is 0.211. The van der Waals surface area contributed by atoms with Crippen molar-refractivity contribution in [1.29, 1.82) is 0 Å². The van der Waals surface area contributed by atoms with Crippen LogP contribution in [0.5, 0.6) is 0 Å². The highest BCUT2D eigenvalue weighted by Crippen LogP contribution is 2.43. The van der Waals surface area contributed by atoms with Gasteiger partial charge in [0.2, 0.25) is 0 Å². The molecule has 0 amide bonds. The van der Waals surface area contributed by atoms with Crippen LogP contribution in [0.4, 0.5) is 0 Å². The zero-order valence-corrected chi connectivity index (χ0v) is 20.7. The fourth-order valence-electron chi connectivity index (χ4n) is 4.81. The third-order valence-corrected chi connectivity index (χ3v) is 6.63. The summed E-state index contributed by atoms with van der Waals surface area (Å²) in [4.78, 5) is 28.5. The molecule has 10 heteroatoms. The van der Waals surface area contributed by atoms with Gasteiger partial charge in [0.25, 0.3) is 5.56 Å². The molecule has 5 rings (SSSR count). The number of benzene rings is 1. The molecule has 4 aromatic rings. The summed E-state index contributed by atoms with van der Waals surface area (Å²) in [6.07, 6.45) is -0.878. The Balaban J connectivity index is 1.93. The Hall–Kier alpha value is -2.78. The van der Waals surface area contributed by atoms with E-state index in [2.05, 4.69) is 4.57 Å². The predicted molar refractivity (Wildman–Crippen MR) is 132 cm³/mol. The van der Waals surface area contributed by atoms with Gasteiger partial charge in [0.1, 0.15) is 5.76 Å². The van der Waals surface area contributed by atoms with Gasteiger partial charge in [0.05, 0.1) is 34.9 Å². The van der Waals surface area contributed by atoms with Crippen LogP contribution in [0, 0.1) is 0 Å². The number of aryl methyl sites for hydroxylation is 1. The van der Waals surface area contributed by atoms with Crippen molar-refractivity contribution in [2.75, 3.05) is 20.6 Å². The Morgan fingerprint density at radius 2 is 1.85 bits per heavy atom. The van der Waals surface area contributed by atoms with Crippen LogP contribution in [0.2, 0.25) is 10.2 Å². The van der Waals surface area contributed by atoms with Crippen LogP contribution in [0.1, 0.15) is 17.6 Å². The molecular formula is C24H24Cl2N4O4. The molecule has 0 radical (unpaired) electrons. The Kier molecular flexibility index (Phi) is 5.72. The second kappa shape index (κ2) is 8.46. The minimum atomic E-state index is -0.667. The first kappa shape index (κ1) is 23.0. The Morgan fingerprint density at radius 3 is 2.50 bits per heavy atom. The lowest BCUT2D eigenvalue weighted by Gasteiger charge is -2.33. The maximum absolute atomic E-state index is 13.5. The number of halogens is 2. The van der Waals surface area contributed by atoms with Gasteiger partial charge in [-0.05, 0) is 50.0 Å². The number of aromatic nitrogens is 3. The van der Waals surface area contributed by atoms with Gasteiger partial charge < -0.3 is 18.6 Å². The molecule has 1 aliphatic heterocycles. The van der Waals surface area contributed by atoms with Crippen LogP contribution in [0.15, 0.2) is 50.4 Å². The summed E-state index contributed by atoms with van der Waals surface area (Å²) in [5, 5.41) is 1.21. The highest BCUT2D eigenvalue weighted by molar-refractivity contribution is 6.31. The largest absolute Gasteiger partial charge is 0.446 e. The molecular weight excluding hydrogens is 479 g/mol. The van der Waals surface area contributed by atoms with Crippen LogP contribution in [-0.4, -0.2) is 45.3 Å². The van der Waals surface area contributed by atoms with Crippen molar-refractivity contribution in [2.45, 2.75) is 18.8 Å². The Labute approximate surface area is 205 Å². The number of nitrogens with zero attached hydrogens (tertiary/aromatic N) is 4. The monoisotopic (exact) mass is 502 g/mol. The summed E-state index contributed by atoms with van der Waals surface area (Å²) in [6.45, 7) is 1.12.